The third-order valence-electron chi connectivity index (χ3n) is 3.61. The Morgan fingerprint density at radius 2 is 2.50 bits per heavy atom. The van der Waals surface area contributed by atoms with Crippen molar-refractivity contribution >= 4 is 17.2 Å². The molecule has 1 fully saturated rings. The number of nitrogens with one attached hydrogen (secondary N) is 1. The molecule has 106 valence electrons. The molecule has 20 heavy (non-hydrogen) atoms. The van der Waals surface area contributed by atoms with Crippen LogP contribution >= 0.6 is 11.3 Å². The number of hydrogen-bond acceptors (Lipinski definition) is 5. The van der Waals surface area contributed by atoms with E-state index in [1.54, 1.807) is 17.4 Å². The second-order valence-electron chi connectivity index (χ2n) is 4.93. The Morgan fingerprint density at radius 1 is 1.60 bits per heavy atom. The molecule has 6 heteroatoms. The van der Waals surface area contributed by atoms with E-state index in [2.05, 4.69) is 10.5 Å². The van der Waals surface area contributed by atoms with Crippen LogP contribution in [0.25, 0.3) is 10.6 Å². The number of likely N-dealkylation sites (N-methyl/N-ethyl adjacent to an activating group) is 1. The maximum Gasteiger partial charge on any atom is 0.276 e. The standard InChI is InChI=1S/C14H17N3O2S/c1-15-10-4-2-6-17(9-10)14(18)11-8-12(19-16-11)13-5-3-7-20-13/h3,5,7-8,10,15H,2,4,6,9H2,1H3. The van der Waals surface area contributed by atoms with Gasteiger partial charge in [-0.3, -0.25) is 4.79 Å². The quantitative estimate of drug-likeness (QED) is 0.942. The van der Waals surface area contributed by atoms with Crippen molar-refractivity contribution in [1.82, 2.24) is 15.4 Å². The fourth-order valence-electron chi connectivity index (χ4n) is 2.47. The monoisotopic (exact) mass is 291 g/mol. The van der Waals surface area contributed by atoms with Crippen LogP contribution in [-0.4, -0.2) is 42.1 Å². The zero-order valence-electron chi connectivity index (χ0n) is 11.3. The first kappa shape index (κ1) is 13.3. The van der Waals surface area contributed by atoms with Crippen molar-refractivity contribution in [2.24, 2.45) is 0 Å². The highest BCUT2D eigenvalue weighted by atomic mass is 32.1. The van der Waals surface area contributed by atoms with Crippen LogP contribution in [0.5, 0.6) is 0 Å². The Labute approximate surface area is 121 Å². The minimum Gasteiger partial charge on any atom is -0.355 e. The van der Waals surface area contributed by atoms with Crippen molar-refractivity contribution < 1.29 is 9.32 Å². The molecule has 1 saturated heterocycles. The lowest BCUT2D eigenvalue weighted by molar-refractivity contribution is 0.0688. The Balaban J connectivity index is 1.74. The predicted octanol–water partition coefficient (Wildman–Crippen LogP) is 2.23. The third-order valence-corrected chi connectivity index (χ3v) is 4.49. The van der Waals surface area contributed by atoms with Gasteiger partial charge in [-0.25, -0.2) is 0 Å². The molecule has 1 atom stereocenters. The summed E-state index contributed by atoms with van der Waals surface area (Å²) in [5.74, 6) is 0.613. The molecule has 5 nitrogen and oxygen atoms in total. The van der Waals surface area contributed by atoms with Gasteiger partial charge in [-0.05, 0) is 31.3 Å². The van der Waals surface area contributed by atoms with Crippen molar-refractivity contribution in [2.75, 3.05) is 20.1 Å². The number of aromatic nitrogens is 1. The van der Waals surface area contributed by atoms with Crippen LogP contribution in [0.4, 0.5) is 0 Å². The summed E-state index contributed by atoms with van der Waals surface area (Å²) in [6, 6.07) is 6.01. The number of hydrogen-bond donors (Lipinski definition) is 1. The molecule has 0 aliphatic carbocycles. The van der Waals surface area contributed by atoms with Crippen LogP contribution in [0.1, 0.15) is 23.3 Å². The number of piperidine rings is 1. The van der Waals surface area contributed by atoms with E-state index in [1.807, 2.05) is 29.5 Å². The third kappa shape index (κ3) is 2.62. The van der Waals surface area contributed by atoms with Crippen molar-refractivity contribution in [2.45, 2.75) is 18.9 Å². The molecule has 1 N–H and O–H groups in total. The molecule has 2 aromatic rings. The van der Waals surface area contributed by atoms with Gasteiger partial charge < -0.3 is 14.7 Å². The summed E-state index contributed by atoms with van der Waals surface area (Å²) < 4.78 is 5.27. The Morgan fingerprint density at radius 3 is 3.25 bits per heavy atom. The maximum atomic E-state index is 12.4. The van der Waals surface area contributed by atoms with Crippen LogP contribution in [0.15, 0.2) is 28.1 Å². The van der Waals surface area contributed by atoms with Gasteiger partial charge >= 0.3 is 0 Å². The van der Waals surface area contributed by atoms with Gasteiger partial charge in [0.25, 0.3) is 5.91 Å². The largest absolute Gasteiger partial charge is 0.355 e. The van der Waals surface area contributed by atoms with E-state index in [1.165, 1.54) is 0 Å². The van der Waals surface area contributed by atoms with Crippen LogP contribution in [-0.2, 0) is 0 Å². The number of carbonyl (C=O) groups excluding carboxylic acids is 1. The van der Waals surface area contributed by atoms with E-state index >= 15 is 0 Å². The van der Waals surface area contributed by atoms with Gasteiger partial charge in [0.05, 0.1) is 4.88 Å². The summed E-state index contributed by atoms with van der Waals surface area (Å²) >= 11 is 1.57. The van der Waals surface area contributed by atoms with Crippen molar-refractivity contribution in [1.29, 1.82) is 0 Å². The molecule has 1 amide bonds. The fourth-order valence-corrected chi connectivity index (χ4v) is 3.14. The Bertz CT molecular complexity index is 579. The maximum absolute atomic E-state index is 12.4. The zero-order chi connectivity index (χ0) is 13.9. The van der Waals surface area contributed by atoms with Crippen molar-refractivity contribution in [3.63, 3.8) is 0 Å². The van der Waals surface area contributed by atoms with Gasteiger partial charge in [-0.15, -0.1) is 11.3 Å². The van der Waals surface area contributed by atoms with Gasteiger partial charge in [0.2, 0.25) is 0 Å². The van der Waals surface area contributed by atoms with Gasteiger partial charge in [0, 0.05) is 25.2 Å². The van der Waals surface area contributed by atoms with E-state index in [4.69, 9.17) is 4.52 Å². The molecule has 1 aliphatic heterocycles. The number of amides is 1. The molecule has 0 aromatic carbocycles. The smallest absolute Gasteiger partial charge is 0.276 e. The summed E-state index contributed by atoms with van der Waals surface area (Å²) in [6.07, 6.45) is 2.13. The molecule has 2 aromatic heterocycles. The van der Waals surface area contributed by atoms with E-state index in [0.29, 0.717) is 17.5 Å². The van der Waals surface area contributed by atoms with E-state index < -0.39 is 0 Å². The number of nitrogens with zero attached hydrogens (tertiary/aromatic N) is 2. The second-order valence-corrected chi connectivity index (χ2v) is 5.88. The molecule has 0 spiro atoms. The number of thiophene rings is 1. The molecule has 0 radical (unpaired) electrons. The lowest BCUT2D eigenvalue weighted by Crippen LogP contribution is -2.47. The first-order valence-electron chi connectivity index (χ1n) is 6.75. The van der Waals surface area contributed by atoms with E-state index in [9.17, 15) is 4.79 Å². The molecule has 3 rings (SSSR count). The minimum atomic E-state index is -0.0449. The van der Waals surface area contributed by atoms with Crippen LogP contribution in [0, 0.1) is 0 Å². The van der Waals surface area contributed by atoms with E-state index in [-0.39, 0.29) is 5.91 Å². The van der Waals surface area contributed by atoms with E-state index in [0.717, 1.165) is 30.8 Å². The molecule has 1 aliphatic rings. The Kier molecular flexibility index (Phi) is 3.84. The van der Waals surface area contributed by atoms with Gasteiger partial charge in [-0.2, -0.15) is 0 Å². The minimum absolute atomic E-state index is 0.0449. The van der Waals surface area contributed by atoms with Crippen molar-refractivity contribution in [3.05, 3.63) is 29.3 Å². The highest BCUT2D eigenvalue weighted by molar-refractivity contribution is 7.13. The molecule has 1 unspecified atom stereocenters. The summed E-state index contributed by atoms with van der Waals surface area (Å²) in [7, 11) is 1.93. The Hall–Kier alpha value is -1.66. The summed E-state index contributed by atoms with van der Waals surface area (Å²) in [6.45, 7) is 1.52. The number of likely N-dealkylation sites (tertiary alicyclic amines) is 1. The average Bonchev–Trinajstić information content (AvgIpc) is 3.17. The summed E-state index contributed by atoms with van der Waals surface area (Å²) in [5, 5.41) is 9.12. The van der Waals surface area contributed by atoms with Crippen LogP contribution < -0.4 is 5.32 Å². The normalized spacial score (nSPS) is 19.2. The molecular weight excluding hydrogens is 274 g/mol. The molecule has 0 bridgehead atoms. The summed E-state index contributed by atoms with van der Waals surface area (Å²) in [5.41, 5.74) is 0.394. The SMILES string of the molecule is CNC1CCCN(C(=O)c2cc(-c3cccs3)on2)C1. The highest BCUT2D eigenvalue weighted by Gasteiger charge is 2.25. The number of carbonyl (C=O) groups is 1. The van der Waals surface area contributed by atoms with Crippen molar-refractivity contribution in [3.8, 4) is 10.6 Å². The molecule has 0 saturated carbocycles. The lowest BCUT2D eigenvalue weighted by Gasteiger charge is -2.31. The predicted molar refractivity (Wildman–Crippen MR) is 77.8 cm³/mol. The highest BCUT2D eigenvalue weighted by Crippen LogP contribution is 2.25. The van der Waals surface area contributed by atoms with Gasteiger partial charge in [-0.1, -0.05) is 11.2 Å². The topological polar surface area (TPSA) is 58.4 Å². The lowest BCUT2D eigenvalue weighted by atomic mass is 10.1. The first-order chi connectivity index (χ1) is 9.78. The van der Waals surface area contributed by atoms with Gasteiger partial charge in [0.1, 0.15) is 0 Å². The van der Waals surface area contributed by atoms with Crippen LogP contribution in [0.2, 0.25) is 0 Å². The number of rotatable bonds is 3. The summed E-state index contributed by atoms with van der Waals surface area (Å²) in [4.78, 5) is 15.3. The molecular formula is C14H17N3O2S. The average molecular weight is 291 g/mol. The van der Waals surface area contributed by atoms with Crippen LogP contribution in [0.3, 0.4) is 0 Å². The second kappa shape index (κ2) is 5.76. The fraction of sp³-hybridized carbons (Fsp3) is 0.429. The molecule has 3 heterocycles. The first-order valence-corrected chi connectivity index (χ1v) is 7.63. The zero-order valence-corrected chi connectivity index (χ0v) is 12.2. The van der Waals surface area contributed by atoms with Gasteiger partial charge in [0.15, 0.2) is 11.5 Å².